The topological polar surface area (TPSA) is 660 Å². The molecule has 24 N–H and O–H groups in total. The lowest BCUT2D eigenvalue weighted by Crippen LogP contribution is -2.63. The quantitative estimate of drug-likeness (QED) is 0.0657. The number of aliphatic carboxylic acids is 2. The summed E-state index contributed by atoms with van der Waals surface area (Å²) in [6, 6.07) is -22.1. The standard InChI is InChI=1S/C81H124N20O23S4/c1-15-38(10)61-77(119)88-47(20-21-58(105)106)69(111)92-53-31-126-41(13)63(101-74(116)52-30-125-29-45(82)66(108)91-51(28-102)67(109)84-26-56(103)87-50(72(114)98-59(36(6)7)75(117)93-52)24-43-25-83-46-19-17-16-18-44(43)46)79(121)90-49(23-35(4)5)71(113)100-64(80(122)99-61)42(14)127-32-54-73(115)86-39(11)65(107)95-55(81(123)124)33-128-40(12)62(96-57(104)27-85-68(53)110)78(120)89-48(22-34(2)3)70(112)97-60(37(8)9)76(118)94-54/h16-19,25,34-42,45,47-55,59-64,83,102H,15,20-24,26-33,82H2,1-14H3,(H,84,109)(H,85,110)(H,86,115)(H,87,103)(H,88,119)(H,89,120)(H,90,121)(H,91,108)(H,92,111)(H,93,117)(H,94,118)(H,95,107)(H,96,104)(H,97,112)(H,98,114)(H,99,122)(H,100,113)(H,101,116)(H,105,106)(H,123,124)/t38-,39-,40-,41-,42-,45-,47-,48-,49-,50-,51-,52-,53-,54-,55-,59-,60-,61-,62-,63+,64+/m0/s1. The minimum atomic E-state index is -1.96. The Kier molecular flexibility index (Phi) is 41.9. The van der Waals surface area contributed by atoms with Crippen LogP contribution >= 0.6 is 47.0 Å². The maximum Gasteiger partial charge on any atom is 0.327 e. The van der Waals surface area contributed by atoms with Crippen LogP contribution in [-0.2, 0) is 102 Å². The van der Waals surface area contributed by atoms with Crippen molar-refractivity contribution in [1.82, 2.24) is 101 Å². The molecule has 1 aromatic carbocycles. The van der Waals surface area contributed by atoms with E-state index in [2.05, 4.69) is 101 Å². The number of thioether (sulfide) groups is 4. The van der Waals surface area contributed by atoms with Crippen LogP contribution in [0.5, 0.6) is 0 Å². The highest BCUT2D eigenvalue weighted by Crippen LogP contribution is 2.26. The Balaban J connectivity index is 1.60. The number of carbonyl (C=O) groups excluding carboxylic acids is 18. The molecule has 0 spiro atoms. The SMILES string of the molecule is CC[C@H](C)[C@@H]1NC(=O)[C@@H]2NC(=O)[C@H](CC(C)C)NC(=O)[C@H](NC(=O)[C@@H]3CSC[C@H](N)C(=O)N[C@@H](CO)C(=O)NCC(=O)N[C@@H](Cc4c[nH]c5ccccc45)C(=O)N[C@@H](C(C)C)C(=O)N3)[C@H](C)SC[C@H](NC(=O)[C@H](CCC(=O)O)NC1=O)C(=O)NCC(=O)N[C@@H]1C(=O)N[C@@H](CC(C)C)C(=O)N[C@@H](C(C)C)C(=O)N[C@@H](CS[C@H]2C)C(=O)N[C@@H](C)C(=O)N[C@H](C(=O)O)CS[C@H]1C. The predicted octanol–water partition coefficient (Wildman–Crippen LogP) is -5.41. The Labute approximate surface area is 757 Å². The Bertz CT molecular complexity index is 4370. The summed E-state index contributed by atoms with van der Waals surface area (Å²) in [6.07, 6.45) is -0.384. The van der Waals surface area contributed by atoms with Crippen LogP contribution in [0.15, 0.2) is 30.5 Å². The Hall–Kier alpha value is -10.5. The van der Waals surface area contributed by atoms with Gasteiger partial charge in [-0.15, -0.1) is 0 Å². The van der Waals surface area contributed by atoms with Gasteiger partial charge in [0.05, 0.1) is 25.7 Å². The average Bonchev–Trinajstić information content (AvgIpc) is 1.63. The molecule has 0 unspecified atom stereocenters. The highest BCUT2D eigenvalue weighted by Gasteiger charge is 2.44. The van der Waals surface area contributed by atoms with E-state index >= 15 is 38.4 Å². The summed E-state index contributed by atoms with van der Waals surface area (Å²) in [5.41, 5.74) is 7.55. The second-order valence-electron chi connectivity index (χ2n) is 33.7. The van der Waals surface area contributed by atoms with Crippen molar-refractivity contribution in [1.29, 1.82) is 0 Å². The summed E-state index contributed by atoms with van der Waals surface area (Å²) in [7, 11) is 0. The minimum Gasteiger partial charge on any atom is -0.481 e. The van der Waals surface area contributed by atoms with Crippen LogP contribution < -0.4 is 101 Å². The number of fused-ring (bicyclic) bond motifs is 19. The lowest BCUT2D eigenvalue weighted by molar-refractivity contribution is -0.141. The number of hydrogen-bond donors (Lipinski definition) is 23. The van der Waals surface area contributed by atoms with Crippen molar-refractivity contribution in [3.63, 3.8) is 0 Å². The third kappa shape index (κ3) is 32.0. The molecule has 21 atom stereocenters. The maximum absolute atomic E-state index is 15.8. The molecule has 128 heavy (non-hydrogen) atoms. The number of rotatable bonds is 17. The van der Waals surface area contributed by atoms with Crippen molar-refractivity contribution in [3.05, 3.63) is 36.0 Å². The molecule has 47 heteroatoms. The molecule has 5 heterocycles. The number of hydrogen-bond acceptors (Lipinski definition) is 26. The zero-order chi connectivity index (χ0) is 95.4. The number of para-hydroxylation sites is 1. The molecule has 1 aromatic heterocycles. The Morgan fingerprint density at radius 2 is 0.945 bits per heavy atom. The van der Waals surface area contributed by atoms with E-state index in [1.807, 2.05) is 0 Å². The highest BCUT2D eigenvalue weighted by molar-refractivity contribution is 8.00. The normalized spacial score (nSPS) is 29.8. The van der Waals surface area contributed by atoms with E-state index in [1.165, 1.54) is 34.6 Å². The van der Waals surface area contributed by atoms with Gasteiger partial charge in [0.1, 0.15) is 96.7 Å². The molecule has 0 aliphatic carbocycles. The number of amides is 18. The van der Waals surface area contributed by atoms with Crippen LogP contribution in [0.4, 0.5) is 0 Å². The number of carbonyl (C=O) groups is 20. The molecule has 2 aromatic rings. The third-order valence-electron chi connectivity index (χ3n) is 21.6. The lowest BCUT2D eigenvalue weighted by atomic mass is 9.96. The number of nitrogens with one attached hydrogen (secondary N) is 19. The average molecular weight is 1870 g/mol. The number of nitrogens with two attached hydrogens (primary N) is 1. The number of aromatic nitrogens is 1. The van der Waals surface area contributed by atoms with Crippen molar-refractivity contribution in [2.75, 3.05) is 48.5 Å². The summed E-state index contributed by atoms with van der Waals surface area (Å²) in [6.45, 7) is 18.6. The van der Waals surface area contributed by atoms with Crippen molar-refractivity contribution in [2.45, 2.75) is 254 Å². The lowest BCUT2D eigenvalue weighted by Gasteiger charge is -2.32. The molecule has 4 bridgehead atoms. The summed E-state index contributed by atoms with van der Waals surface area (Å²) in [4.78, 5) is 296. The number of aliphatic hydroxyl groups is 1. The molecule has 4 saturated heterocycles. The first-order valence-corrected chi connectivity index (χ1v) is 46.7. The molecule has 6 rings (SSSR count). The zero-order valence-electron chi connectivity index (χ0n) is 73.9. The molecular formula is C81H124N20O23S4. The second-order valence-corrected chi connectivity index (χ2v) is 39.0. The number of H-pyrrole nitrogens is 1. The summed E-state index contributed by atoms with van der Waals surface area (Å²) in [5.74, 6) is -28.6. The van der Waals surface area contributed by atoms with Gasteiger partial charge >= 0.3 is 11.9 Å². The highest BCUT2D eigenvalue weighted by atomic mass is 32.2. The molecule has 4 aliphatic rings. The Morgan fingerprint density at radius 3 is 1.53 bits per heavy atom. The molecule has 4 aliphatic heterocycles. The van der Waals surface area contributed by atoms with Crippen LogP contribution in [0, 0.1) is 29.6 Å². The number of carboxylic acids is 2. The van der Waals surface area contributed by atoms with Gasteiger partial charge in [0, 0.05) is 74.5 Å². The van der Waals surface area contributed by atoms with E-state index < -0.39 is 322 Å². The monoisotopic (exact) mass is 1870 g/mol. The molecule has 43 nitrogen and oxygen atoms in total. The molecular weight excluding hydrogens is 1750 g/mol. The molecule has 0 radical (unpaired) electrons. The van der Waals surface area contributed by atoms with E-state index in [1.54, 1.807) is 92.8 Å². The number of carboxylic acid groups (broad SMARTS) is 2. The van der Waals surface area contributed by atoms with Gasteiger partial charge in [-0.2, -0.15) is 47.0 Å². The maximum atomic E-state index is 15.8. The van der Waals surface area contributed by atoms with Gasteiger partial charge in [-0.05, 0) is 67.4 Å². The summed E-state index contributed by atoms with van der Waals surface area (Å²) >= 11 is 2.94. The first-order valence-electron chi connectivity index (χ1n) is 42.4. The summed E-state index contributed by atoms with van der Waals surface area (Å²) in [5, 5.41) is 73.7. The molecule has 710 valence electrons. The number of benzene rings is 1. The third-order valence-corrected chi connectivity index (χ3v) is 26.7. The molecule has 0 saturated carbocycles. The molecule has 18 amide bonds. The second kappa shape index (κ2) is 50.4. The minimum absolute atomic E-state index is 0.106. The van der Waals surface area contributed by atoms with Crippen LogP contribution in [-0.4, -0.2) is 305 Å². The first-order chi connectivity index (χ1) is 60.2. The van der Waals surface area contributed by atoms with Crippen LogP contribution in [0.1, 0.15) is 135 Å². The van der Waals surface area contributed by atoms with Gasteiger partial charge in [0.25, 0.3) is 0 Å². The van der Waals surface area contributed by atoms with E-state index in [-0.39, 0.29) is 31.6 Å². The fourth-order valence-electron chi connectivity index (χ4n) is 13.8. The Morgan fingerprint density at radius 1 is 0.461 bits per heavy atom. The number of aromatic amines is 1. The fourth-order valence-corrected chi connectivity index (χ4v) is 18.2. The largest absolute Gasteiger partial charge is 0.481 e. The van der Waals surface area contributed by atoms with E-state index in [0.29, 0.717) is 28.2 Å². The number of aliphatic hydroxyl groups excluding tert-OH is 1. The van der Waals surface area contributed by atoms with Crippen LogP contribution in [0.2, 0.25) is 0 Å². The summed E-state index contributed by atoms with van der Waals surface area (Å²) < 4.78 is 0. The van der Waals surface area contributed by atoms with Crippen LogP contribution in [0.25, 0.3) is 10.9 Å². The van der Waals surface area contributed by atoms with Gasteiger partial charge in [-0.1, -0.05) is 115 Å². The van der Waals surface area contributed by atoms with Crippen molar-refractivity contribution in [2.24, 2.45) is 35.3 Å². The van der Waals surface area contributed by atoms with Crippen molar-refractivity contribution < 1.29 is 111 Å². The first kappa shape index (κ1) is 106. The van der Waals surface area contributed by atoms with Gasteiger partial charge < -0.3 is 122 Å². The van der Waals surface area contributed by atoms with Crippen molar-refractivity contribution >= 4 is 176 Å². The van der Waals surface area contributed by atoms with Gasteiger partial charge in [0.15, 0.2) is 0 Å². The van der Waals surface area contributed by atoms with Gasteiger partial charge in [0.2, 0.25) is 106 Å². The van der Waals surface area contributed by atoms with E-state index in [9.17, 15) is 72.9 Å². The van der Waals surface area contributed by atoms with E-state index in [0.717, 1.165) is 35.3 Å². The van der Waals surface area contributed by atoms with Crippen LogP contribution in [0.3, 0.4) is 0 Å². The zero-order valence-corrected chi connectivity index (χ0v) is 77.2. The fraction of sp³-hybridized carbons (Fsp3) is 0.654. The van der Waals surface area contributed by atoms with Gasteiger partial charge in [-0.25, -0.2) is 4.79 Å². The predicted molar refractivity (Wildman–Crippen MR) is 475 cm³/mol. The smallest absolute Gasteiger partial charge is 0.327 e. The van der Waals surface area contributed by atoms with E-state index in [4.69, 9.17) is 5.73 Å². The van der Waals surface area contributed by atoms with Crippen molar-refractivity contribution in [3.8, 4) is 0 Å². The van der Waals surface area contributed by atoms with Gasteiger partial charge in [-0.3, -0.25) is 91.1 Å². The molecule has 4 fully saturated rings.